The third-order valence-electron chi connectivity index (χ3n) is 4.78. The van der Waals surface area contributed by atoms with Crippen LogP contribution in [-0.2, 0) is 13.1 Å². The Morgan fingerprint density at radius 2 is 1.97 bits per heavy atom. The summed E-state index contributed by atoms with van der Waals surface area (Å²) in [6.45, 7) is 7.45. The molecule has 30 heavy (non-hydrogen) atoms. The molecule has 8 heteroatoms. The van der Waals surface area contributed by atoms with Gasteiger partial charge in [0.1, 0.15) is 17.8 Å². The molecule has 2 heterocycles. The van der Waals surface area contributed by atoms with Crippen LogP contribution in [-0.4, -0.2) is 21.1 Å². The summed E-state index contributed by atoms with van der Waals surface area (Å²) in [6.07, 6.45) is 3.41. The average Bonchev–Trinajstić information content (AvgIpc) is 3.18. The first-order valence-corrected chi connectivity index (χ1v) is 10.3. The summed E-state index contributed by atoms with van der Waals surface area (Å²) in [5.41, 5.74) is 7.21. The van der Waals surface area contributed by atoms with Gasteiger partial charge in [0.2, 0.25) is 5.89 Å². The van der Waals surface area contributed by atoms with Crippen LogP contribution in [0.1, 0.15) is 39.3 Å². The molecule has 0 aliphatic heterocycles. The predicted molar refractivity (Wildman–Crippen MR) is 118 cm³/mol. The standard InChI is InChI=1S/C22H29N5O3/c1-4-5-11-26(13-17-14-30-21(24-17)16-9-7-6-8-10-16)18-19(23)27(12-15(2)3)22(29)25-20(18)28/h6-10,14-15H,4-5,11-13,23H2,1-3H3,(H,25,28,29). The lowest BCUT2D eigenvalue weighted by atomic mass is 10.2. The number of benzene rings is 1. The van der Waals surface area contributed by atoms with E-state index in [0.29, 0.717) is 36.9 Å². The number of nitrogen functional groups attached to an aromatic ring is 1. The number of anilines is 2. The predicted octanol–water partition coefficient (Wildman–Crippen LogP) is 3.24. The highest BCUT2D eigenvalue weighted by Gasteiger charge is 2.20. The SMILES string of the molecule is CCCCN(Cc1coc(-c2ccccc2)n1)c1c(N)n(CC(C)C)c(=O)[nH]c1=O. The van der Waals surface area contributed by atoms with E-state index in [0.717, 1.165) is 18.4 Å². The third-order valence-corrected chi connectivity index (χ3v) is 4.78. The van der Waals surface area contributed by atoms with Crippen molar-refractivity contribution in [3.05, 3.63) is 63.1 Å². The van der Waals surface area contributed by atoms with Gasteiger partial charge in [-0.05, 0) is 24.5 Å². The molecule has 0 spiro atoms. The number of rotatable bonds is 9. The van der Waals surface area contributed by atoms with Crippen molar-refractivity contribution in [1.82, 2.24) is 14.5 Å². The molecule has 3 rings (SSSR count). The van der Waals surface area contributed by atoms with Crippen molar-refractivity contribution < 1.29 is 4.42 Å². The van der Waals surface area contributed by atoms with E-state index < -0.39 is 11.2 Å². The Bertz CT molecular complexity index is 1080. The Hall–Kier alpha value is -3.29. The number of H-pyrrole nitrogens is 1. The third kappa shape index (κ3) is 4.82. The smallest absolute Gasteiger partial charge is 0.330 e. The lowest BCUT2D eigenvalue weighted by molar-refractivity contribution is 0.506. The fraction of sp³-hybridized carbons (Fsp3) is 0.409. The summed E-state index contributed by atoms with van der Waals surface area (Å²) in [6, 6.07) is 9.63. The Labute approximate surface area is 175 Å². The van der Waals surface area contributed by atoms with E-state index in [1.807, 2.05) is 49.1 Å². The first-order chi connectivity index (χ1) is 14.4. The van der Waals surface area contributed by atoms with Crippen molar-refractivity contribution in [3.63, 3.8) is 0 Å². The van der Waals surface area contributed by atoms with Crippen molar-refractivity contribution in [2.75, 3.05) is 17.2 Å². The van der Waals surface area contributed by atoms with Crippen LogP contribution in [0.2, 0.25) is 0 Å². The van der Waals surface area contributed by atoms with E-state index in [4.69, 9.17) is 10.2 Å². The second-order valence-electron chi connectivity index (χ2n) is 7.78. The number of aromatic nitrogens is 3. The van der Waals surface area contributed by atoms with E-state index in [1.165, 1.54) is 4.57 Å². The maximum atomic E-state index is 12.7. The summed E-state index contributed by atoms with van der Waals surface area (Å²) in [4.78, 5) is 33.8. The van der Waals surface area contributed by atoms with Gasteiger partial charge in [-0.3, -0.25) is 14.3 Å². The number of nitrogens with zero attached hydrogens (tertiary/aromatic N) is 3. The number of nitrogens with two attached hydrogens (primary N) is 1. The monoisotopic (exact) mass is 411 g/mol. The zero-order valence-corrected chi connectivity index (χ0v) is 17.7. The summed E-state index contributed by atoms with van der Waals surface area (Å²) >= 11 is 0. The van der Waals surface area contributed by atoms with Gasteiger partial charge in [-0.15, -0.1) is 0 Å². The molecule has 0 fully saturated rings. The number of aromatic amines is 1. The Kier molecular flexibility index (Phi) is 6.76. The molecule has 1 aromatic carbocycles. The fourth-order valence-corrected chi connectivity index (χ4v) is 3.34. The Morgan fingerprint density at radius 1 is 1.23 bits per heavy atom. The first kappa shape index (κ1) is 21.4. The number of unbranched alkanes of at least 4 members (excludes halogenated alkanes) is 1. The first-order valence-electron chi connectivity index (χ1n) is 10.3. The highest BCUT2D eigenvalue weighted by atomic mass is 16.3. The summed E-state index contributed by atoms with van der Waals surface area (Å²) < 4.78 is 7.07. The highest BCUT2D eigenvalue weighted by Crippen LogP contribution is 2.23. The molecule has 0 unspecified atom stereocenters. The molecule has 2 aromatic heterocycles. The van der Waals surface area contributed by atoms with Gasteiger partial charge < -0.3 is 15.1 Å². The molecule has 0 aliphatic rings. The highest BCUT2D eigenvalue weighted by molar-refractivity contribution is 5.62. The van der Waals surface area contributed by atoms with Crippen LogP contribution in [0.15, 0.2) is 50.6 Å². The molecule has 0 amide bonds. The molecule has 3 aromatic rings. The maximum Gasteiger partial charge on any atom is 0.330 e. The normalized spacial score (nSPS) is 11.2. The molecule has 0 atom stereocenters. The van der Waals surface area contributed by atoms with Gasteiger partial charge in [-0.1, -0.05) is 45.4 Å². The molecular formula is C22H29N5O3. The second-order valence-corrected chi connectivity index (χ2v) is 7.78. The van der Waals surface area contributed by atoms with E-state index in [1.54, 1.807) is 6.26 Å². The van der Waals surface area contributed by atoms with Crippen LogP contribution in [0.5, 0.6) is 0 Å². The van der Waals surface area contributed by atoms with Crippen LogP contribution in [0.3, 0.4) is 0 Å². The fourth-order valence-electron chi connectivity index (χ4n) is 3.34. The minimum atomic E-state index is -0.488. The Balaban J connectivity index is 1.96. The van der Waals surface area contributed by atoms with Crippen molar-refractivity contribution in [3.8, 4) is 11.5 Å². The van der Waals surface area contributed by atoms with Gasteiger partial charge in [0.15, 0.2) is 0 Å². The number of hydrogen-bond acceptors (Lipinski definition) is 6. The molecule has 0 saturated carbocycles. The van der Waals surface area contributed by atoms with Crippen molar-refractivity contribution >= 4 is 11.5 Å². The van der Waals surface area contributed by atoms with Crippen molar-refractivity contribution in [2.45, 2.75) is 46.7 Å². The maximum absolute atomic E-state index is 12.7. The summed E-state index contributed by atoms with van der Waals surface area (Å²) in [5.74, 6) is 0.907. The molecule has 8 nitrogen and oxygen atoms in total. The summed E-state index contributed by atoms with van der Waals surface area (Å²) in [7, 11) is 0. The van der Waals surface area contributed by atoms with E-state index in [2.05, 4.69) is 16.9 Å². The van der Waals surface area contributed by atoms with Crippen LogP contribution in [0, 0.1) is 5.92 Å². The van der Waals surface area contributed by atoms with Gasteiger partial charge in [0.25, 0.3) is 5.56 Å². The van der Waals surface area contributed by atoms with Crippen LogP contribution in [0.4, 0.5) is 11.5 Å². The second kappa shape index (κ2) is 9.47. The number of hydrogen-bond donors (Lipinski definition) is 2. The lowest BCUT2D eigenvalue weighted by Crippen LogP contribution is -2.39. The van der Waals surface area contributed by atoms with E-state index in [-0.39, 0.29) is 11.7 Å². The molecule has 0 aliphatic carbocycles. The zero-order chi connectivity index (χ0) is 21.7. The van der Waals surface area contributed by atoms with Gasteiger partial charge in [0, 0.05) is 18.7 Å². The van der Waals surface area contributed by atoms with Gasteiger partial charge in [-0.25, -0.2) is 9.78 Å². The molecule has 0 bridgehead atoms. The zero-order valence-electron chi connectivity index (χ0n) is 17.7. The molecule has 0 radical (unpaired) electrons. The van der Waals surface area contributed by atoms with Gasteiger partial charge in [0.05, 0.1) is 12.2 Å². The minimum Gasteiger partial charge on any atom is -0.444 e. The Morgan fingerprint density at radius 3 is 2.63 bits per heavy atom. The van der Waals surface area contributed by atoms with E-state index in [9.17, 15) is 9.59 Å². The number of oxazole rings is 1. The topological polar surface area (TPSA) is 110 Å². The van der Waals surface area contributed by atoms with Crippen LogP contribution in [0.25, 0.3) is 11.5 Å². The lowest BCUT2D eigenvalue weighted by Gasteiger charge is -2.25. The molecule has 0 saturated heterocycles. The largest absolute Gasteiger partial charge is 0.444 e. The average molecular weight is 412 g/mol. The van der Waals surface area contributed by atoms with Crippen LogP contribution < -0.4 is 21.9 Å². The quantitative estimate of drug-likeness (QED) is 0.559. The number of nitrogens with one attached hydrogen (secondary N) is 1. The van der Waals surface area contributed by atoms with Crippen LogP contribution >= 0.6 is 0 Å². The molecule has 3 N–H and O–H groups in total. The minimum absolute atomic E-state index is 0.181. The van der Waals surface area contributed by atoms with Crippen molar-refractivity contribution in [1.29, 1.82) is 0 Å². The van der Waals surface area contributed by atoms with Gasteiger partial charge in [-0.2, -0.15) is 0 Å². The van der Waals surface area contributed by atoms with Crippen molar-refractivity contribution in [2.24, 2.45) is 5.92 Å². The summed E-state index contributed by atoms with van der Waals surface area (Å²) in [5, 5.41) is 0. The molecular weight excluding hydrogens is 382 g/mol. The van der Waals surface area contributed by atoms with Gasteiger partial charge >= 0.3 is 5.69 Å². The van der Waals surface area contributed by atoms with E-state index >= 15 is 0 Å². The molecule has 160 valence electrons.